The van der Waals surface area contributed by atoms with Crippen molar-refractivity contribution in [1.29, 1.82) is 0 Å². The molecule has 0 amide bonds. The van der Waals surface area contributed by atoms with Crippen molar-refractivity contribution in [3.05, 3.63) is 0 Å². The molecule has 0 aromatic rings. The summed E-state index contributed by atoms with van der Waals surface area (Å²) in [4.78, 5) is 13.2. The van der Waals surface area contributed by atoms with Crippen LogP contribution in [-0.2, 0) is 4.79 Å². The third-order valence-electron chi connectivity index (χ3n) is 3.28. The second kappa shape index (κ2) is 3.66. The van der Waals surface area contributed by atoms with Gasteiger partial charge in [-0.1, -0.05) is 12.8 Å². The van der Waals surface area contributed by atoms with Crippen LogP contribution in [0, 0.1) is 0 Å². The minimum Gasteiger partial charge on any atom is -0.480 e. The Morgan fingerprint density at radius 1 is 1.38 bits per heavy atom. The van der Waals surface area contributed by atoms with Gasteiger partial charge in [-0.05, 0) is 33.7 Å². The molecule has 0 atom stereocenters. The van der Waals surface area contributed by atoms with Crippen molar-refractivity contribution in [2.75, 3.05) is 7.05 Å². The molecular weight excluding hydrogens is 166 g/mol. The third-order valence-corrected chi connectivity index (χ3v) is 3.28. The maximum absolute atomic E-state index is 11.2. The van der Waals surface area contributed by atoms with Gasteiger partial charge in [0.25, 0.3) is 0 Å². The molecule has 76 valence electrons. The summed E-state index contributed by atoms with van der Waals surface area (Å²) in [5, 5.41) is 9.24. The first-order valence-corrected chi connectivity index (χ1v) is 4.97. The second-order valence-corrected chi connectivity index (χ2v) is 4.25. The van der Waals surface area contributed by atoms with Gasteiger partial charge in [-0.3, -0.25) is 9.69 Å². The van der Waals surface area contributed by atoms with E-state index in [1.165, 1.54) is 0 Å². The molecule has 1 aliphatic rings. The fourth-order valence-electron chi connectivity index (χ4n) is 2.17. The van der Waals surface area contributed by atoms with Crippen molar-refractivity contribution in [3.8, 4) is 0 Å². The van der Waals surface area contributed by atoms with Gasteiger partial charge in [0.05, 0.1) is 0 Å². The molecule has 0 aliphatic heterocycles. The smallest absolute Gasteiger partial charge is 0.324 e. The lowest BCUT2D eigenvalue weighted by molar-refractivity contribution is -0.151. The van der Waals surface area contributed by atoms with Gasteiger partial charge < -0.3 is 5.11 Å². The Morgan fingerprint density at radius 3 is 2.15 bits per heavy atom. The lowest BCUT2D eigenvalue weighted by Crippen LogP contribution is -2.53. The Morgan fingerprint density at radius 2 is 1.85 bits per heavy atom. The Balaban J connectivity index is 2.84. The van der Waals surface area contributed by atoms with Gasteiger partial charge in [0.15, 0.2) is 0 Å². The molecule has 0 unspecified atom stereocenters. The highest BCUT2D eigenvalue weighted by Crippen LogP contribution is 2.35. The fraction of sp³-hybridized carbons (Fsp3) is 0.900. The van der Waals surface area contributed by atoms with Crippen LogP contribution >= 0.6 is 0 Å². The molecule has 1 N–H and O–H groups in total. The van der Waals surface area contributed by atoms with Crippen LogP contribution in [-0.4, -0.2) is 34.6 Å². The van der Waals surface area contributed by atoms with Gasteiger partial charge in [-0.15, -0.1) is 0 Å². The lowest BCUT2D eigenvalue weighted by Gasteiger charge is -2.37. The molecule has 0 saturated heterocycles. The molecule has 1 rings (SSSR count). The van der Waals surface area contributed by atoms with E-state index in [-0.39, 0.29) is 0 Å². The third kappa shape index (κ3) is 1.70. The van der Waals surface area contributed by atoms with E-state index in [1.807, 2.05) is 25.8 Å². The van der Waals surface area contributed by atoms with E-state index in [0.29, 0.717) is 6.04 Å². The van der Waals surface area contributed by atoms with Crippen LogP contribution in [0.25, 0.3) is 0 Å². The summed E-state index contributed by atoms with van der Waals surface area (Å²) in [5.74, 6) is -0.652. The van der Waals surface area contributed by atoms with E-state index in [2.05, 4.69) is 0 Å². The predicted octanol–water partition coefficient (Wildman–Crippen LogP) is 1.72. The summed E-state index contributed by atoms with van der Waals surface area (Å²) in [5.41, 5.74) is -0.575. The zero-order valence-corrected chi connectivity index (χ0v) is 8.71. The van der Waals surface area contributed by atoms with Crippen molar-refractivity contribution >= 4 is 5.97 Å². The lowest BCUT2D eigenvalue weighted by atomic mass is 9.94. The van der Waals surface area contributed by atoms with Crippen LogP contribution in [0.2, 0.25) is 0 Å². The maximum atomic E-state index is 11.2. The molecule has 0 aromatic carbocycles. The quantitative estimate of drug-likeness (QED) is 0.728. The van der Waals surface area contributed by atoms with Crippen molar-refractivity contribution < 1.29 is 9.90 Å². The van der Waals surface area contributed by atoms with Crippen LogP contribution in [0.1, 0.15) is 39.5 Å². The Hall–Kier alpha value is -0.570. The Bertz CT molecular complexity index is 195. The first-order chi connectivity index (χ1) is 6.00. The summed E-state index contributed by atoms with van der Waals surface area (Å²) in [6.45, 7) is 4.09. The molecule has 3 heteroatoms. The van der Waals surface area contributed by atoms with Crippen molar-refractivity contribution in [2.45, 2.75) is 51.1 Å². The van der Waals surface area contributed by atoms with Crippen molar-refractivity contribution in [3.63, 3.8) is 0 Å². The summed E-state index contributed by atoms with van der Waals surface area (Å²) in [7, 11) is 1.92. The minimum atomic E-state index is -0.652. The van der Waals surface area contributed by atoms with Gasteiger partial charge >= 0.3 is 5.97 Å². The molecule has 13 heavy (non-hydrogen) atoms. The average Bonchev–Trinajstić information content (AvgIpc) is 2.51. The highest BCUT2D eigenvalue weighted by atomic mass is 16.4. The monoisotopic (exact) mass is 185 g/mol. The van der Waals surface area contributed by atoms with Crippen molar-refractivity contribution in [2.24, 2.45) is 0 Å². The Labute approximate surface area is 79.7 Å². The van der Waals surface area contributed by atoms with Crippen LogP contribution in [0.5, 0.6) is 0 Å². The number of carboxylic acid groups (broad SMARTS) is 1. The maximum Gasteiger partial charge on any atom is 0.324 e. The second-order valence-electron chi connectivity index (χ2n) is 4.25. The molecule has 0 heterocycles. The van der Waals surface area contributed by atoms with Crippen molar-refractivity contribution in [1.82, 2.24) is 4.90 Å². The average molecular weight is 185 g/mol. The summed E-state index contributed by atoms with van der Waals surface area (Å²) < 4.78 is 0. The van der Waals surface area contributed by atoms with E-state index in [9.17, 15) is 9.90 Å². The first kappa shape index (κ1) is 10.5. The summed E-state index contributed by atoms with van der Waals surface area (Å²) in [6.07, 6.45) is 3.70. The minimum absolute atomic E-state index is 0.300. The number of carbonyl (C=O) groups is 1. The molecule has 0 bridgehead atoms. The van der Waals surface area contributed by atoms with Crippen LogP contribution in [0.15, 0.2) is 0 Å². The number of aliphatic carboxylic acids is 1. The molecular formula is C10H19NO2. The molecule has 0 aromatic heterocycles. The highest BCUT2D eigenvalue weighted by molar-refractivity contribution is 5.79. The fourth-order valence-corrected chi connectivity index (χ4v) is 2.17. The van der Waals surface area contributed by atoms with Gasteiger partial charge in [-0.2, -0.15) is 0 Å². The van der Waals surface area contributed by atoms with Gasteiger partial charge in [0, 0.05) is 6.04 Å². The number of nitrogens with zero attached hydrogens (tertiary/aromatic N) is 1. The van der Waals surface area contributed by atoms with Crippen LogP contribution < -0.4 is 0 Å². The Kier molecular flexibility index (Phi) is 2.96. The van der Waals surface area contributed by atoms with E-state index >= 15 is 0 Å². The van der Waals surface area contributed by atoms with Crippen LogP contribution in [0.4, 0.5) is 0 Å². The van der Waals surface area contributed by atoms with E-state index in [1.54, 1.807) is 0 Å². The number of carboxylic acids is 1. The molecule has 3 nitrogen and oxygen atoms in total. The molecule has 0 spiro atoms. The first-order valence-electron chi connectivity index (χ1n) is 4.97. The molecule has 0 radical (unpaired) electrons. The van der Waals surface area contributed by atoms with Gasteiger partial charge in [-0.25, -0.2) is 0 Å². The van der Waals surface area contributed by atoms with E-state index < -0.39 is 11.5 Å². The van der Waals surface area contributed by atoms with E-state index in [0.717, 1.165) is 25.7 Å². The van der Waals surface area contributed by atoms with E-state index in [4.69, 9.17) is 0 Å². The molecule has 1 fully saturated rings. The topological polar surface area (TPSA) is 40.5 Å². The van der Waals surface area contributed by atoms with Crippen LogP contribution in [0.3, 0.4) is 0 Å². The predicted molar refractivity (Wildman–Crippen MR) is 51.7 cm³/mol. The molecule has 1 saturated carbocycles. The highest BCUT2D eigenvalue weighted by Gasteiger charge is 2.45. The largest absolute Gasteiger partial charge is 0.480 e. The summed E-state index contributed by atoms with van der Waals surface area (Å²) >= 11 is 0. The normalized spacial score (nSPS) is 21.3. The SMILES string of the molecule is CC(C)N(C)C1(C(=O)O)CCCC1. The zero-order chi connectivity index (χ0) is 10.1. The summed E-state index contributed by atoms with van der Waals surface area (Å²) in [6, 6.07) is 0.300. The standard InChI is InChI=1S/C10H19NO2/c1-8(2)11(3)10(9(12)13)6-4-5-7-10/h8H,4-7H2,1-3H3,(H,12,13). The van der Waals surface area contributed by atoms with Gasteiger partial charge in [0.1, 0.15) is 5.54 Å². The number of rotatable bonds is 3. The number of likely N-dealkylation sites (N-methyl/N-ethyl adjacent to an activating group) is 1. The molecule has 1 aliphatic carbocycles. The number of hydrogen-bond donors (Lipinski definition) is 1. The number of hydrogen-bond acceptors (Lipinski definition) is 2. The van der Waals surface area contributed by atoms with Gasteiger partial charge in [0.2, 0.25) is 0 Å². The zero-order valence-electron chi connectivity index (χ0n) is 8.71.